The quantitative estimate of drug-likeness (QED) is 0.389. The number of carbonyl (C=O) groups is 2. The summed E-state index contributed by atoms with van der Waals surface area (Å²) in [4.78, 5) is 46.1. The predicted octanol–water partition coefficient (Wildman–Crippen LogP) is 2.39. The third-order valence-corrected chi connectivity index (χ3v) is 4.87. The van der Waals surface area contributed by atoms with Gasteiger partial charge in [-0.05, 0) is 38.8 Å². The molecule has 0 radical (unpaired) electrons. The van der Waals surface area contributed by atoms with Crippen molar-refractivity contribution in [2.45, 2.75) is 38.1 Å². The molecular formula is C22H24N8O4. The van der Waals surface area contributed by atoms with Gasteiger partial charge in [-0.2, -0.15) is 0 Å². The van der Waals surface area contributed by atoms with Crippen molar-refractivity contribution in [2.24, 2.45) is 0 Å². The SMILES string of the molecule is CC(C)(CO)NC(=O)c1ncccc1NC(=O)Oc1nc(C2CC2)cnc1Nc1cncnc1. The molecule has 0 aromatic carbocycles. The fraction of sp³-hybridized carbons (Fsp3) is 0.318. The van der Waals surface area contributed by atoms with Gasteiger partial charge in [0, 0.05) is 12.1 Å². The zero-order valence-corrected chi connectivity index (χ0v) is 18.6. The molecule has 34 heavy (non-hydrogen) atoms. The number of pyridine rings is 1. The van der Waals surface area contributed by atoms with E-state index in [0.29, 0.717) is 5.69 Å². The Morgan fingerprint density at radius 1 is 1.18 bits per heavy atom. The van der Waals surface area contributed by atoms with Crippen molar-refractivity contribution < 1.29 is 19.4 Å². The molecule has 0 spiro atoms. The van der Waals surface area contributed by atoms with E-state index in [0.717, 1.165) is 18.5 Å². The van der Waals surface area contributed by atoms with Gasteiger partial charge in [-0.15, -0.1) is 0 Å². The minimum Gasteiger partial charge on any atom is -0.394 e. The minimum absolute atomic E-state index is 0.0259. The zero-order chi connectivity index (χ0) is 24.1. The van der Waals surface area contributed by atoms with Crippen molar-refractivity contribution in [1.29, 1.82) is 0 Å². The lowest BCUT2D eigenvalue weighted by Gasteiger charge is -2.23. The molecule has 0 bridgehead atoms. The first-order valence-corrected chi connectivity index (χ1v) is 10.6. The highest BCUT2D eigenvalue weighted by Crippen LogP contribution is 2.40. The third-order valence-electron chi connectivity index (χ3n) is 4.87. The van der Waals surface area contributed by atoms with Crippen LogP contribution in [0.4, 0.5) is 22.0 Å². The first-order chi connectivity index (χ1) is 16.3. The average Bonchev–Trinajstić information content (AvgIpc) is 3.66. The zero-order valence-electron chi connectivity index (χ0n) is 18.6. The number of anilines is 3. The van der Waals surface area contributed by atoms with E-state index < -0.39 is 17.5 Å². The van der Waals surface area contributed by atoms with Crippen LogP contribution in [0.25, 0.3) is 0 Å². The van der Waals surface area contributed by atoms with Gasteiger partial charge in [0.2, 0.25) is 0 Å². The Labute approximate surface area is 195 Å². The molecule has 3 heterocycles. The highest BCUT2D eigenvalue weighted by molar-refractivity contribution is 6.01. The summed E-state index contributed by atoms with van der Waals surface area (Å²) in [6.07, 6.45) is 8.66. The summed E-state index contributed by atoms with van der Waals surface area (Å²) in [6.45, 7) is 3.05. The van der Waals surface area contributed by atoms with Crippen LogP contribution in [-0.2, 0) is 0 Å². The number of aromatic nitrogens is 5. The molecule has 0 aliphatic heterocycles. The Kier molecular flexibility index (Phi) is 6.59. The average molecular weight is 464 g/mol. The van der Waals surface area contributed by atoms with Crippen molar-refractivity contribution in [3.8, 4) is 5.88 Å². The van der Waals surface area contributed by atoms with Crippen molar-refractivity contribution in [3.05, 3.63) is 54.6 Å². The maximum atomic E-state index is 12.7. The fourth-order valence-corrected chi connectivity index (χ4v) is 2.93. The van der Waals surface area contributed by atoms with E-state index >= 15 is 0 Å². The number of hydrogen-bond donors (Lipinski definition) is 4. The molecule has 1 aliphatic rings. The van der Waals surface area contributed by atoms with Crippen molar-refractivity contribution in [2.75, 3.05) is 17.2 Å². The van der Waals surface area contributed by atoms with E-state index in [9.17, 15) is 14.7 Å². The van der Waals surface area contributed by atoms with Gasteiger partial charge in [-0.25, -0.2) is 29.7 Å². The van der Waals surface area contributed by atoms with Crippen LogP contribution in [0.2, 0.25) is 0 Å². The molecular weight excluding hydrogens is 440 g/mol. The number of carbonyl (C=O) groups excluding carboxylic acids is 2. The van der Waals surface area contributed by atoms with Crippen molar-refractivity contribution in [1.82, 2.24) is 30.2 Å². The van der Waals surface area contributed by atoms with Crippen molar-refractivity contribution in [3.63, 3.8) is 0 Å². The lowest BCUT2D eigenvalue weighted by Crippen LogP contribution is -2.46. The number of nitrogens with one attached hydrogen (secondary N) is 3. The van der Waals surface area contributed by atoms with Crippen LogP contribution >= 0.6 is 0 Å². The van der Waals surface area contributed by atoms with Crippen LogP contribution in [-0.4, -0.2) is 54.2 Å². The second kappa shape index (κ2) is 9.75. The smallest absolute Gasteiger partial charge is 0.394 e. The van der Waals surface area contributed by atoms with E-state index in [1.807, 2.05) is 0 Å². The highest BCUT2D eigenvalue weighted by Gasteiger charge is 2.28. The molecule has 4 N–H and O–H groups in total. The van der Waals surface area contributed by atoms with Crippen LogP contribution in [0, 0.1) is 0 Å². The molecule has 12 heteroatoms. The standard InChI is InChI=1S/C22H24N8O4/c1-22(2,11-31)30-19(32)17-15(4-3-7-25-17)29-21(33)34-20-18(27-14-8-23-12-24-9-14)26-10-16(28-20)13-5-6-13/h3-4,7-10,12-13,31H,5-6,11H2,1-2H3,(H,26,27)(H,29,33)(H,30,32). The molecule has 0 atom stereocenters. The van der Waals surface area contributed by atoms with Gasteiger partial charge in [0.25, 0.3) is 11.8 Å². The van der Waals surface area contributed by atoms with E-state index in [2.05, 4.69) is 40.9 Å². The summed E-state index contributed by atoms with van der Waals surface area (Å²) in [5.41, 5.74) is 0.506. The number of rotatable bonds is 8. The summed E-state index contributed by atoms with van der Waals surface area (Å²) in [6, 6.07) is 3.08. The molecule has 0 saturated heterocycles. The monoisotopic (exact) mass is 464 g/mol. The van der Waals surface area contributed by atoms with E-state index in [4.69, 9.17) is 4.74 Å². The Morgan fingerprint density at radius 2 is 1.94 bits per heavy atom. The fourth-order valence-electron chi connectivity index (χ4n) is 2.93. The molecule has 12 nitrogen and oxygen atoms in total. The number of aliphatic hydroxyl groups excluding tert-OH is 1. The van der Waals surface area contributed by atoms with Gasteiger partial charge >= 0.3 is 6.09 Å². The molecule has 176 valence electrons. The van der Waals surface area contributed by atoms with Gasteiger partial charge in [-0.1, -0.05) is 0 Å². The molecule has 1 aliphatic carbocycles. The van der Waals surface area contributed by atoms with Crippen molar-refractivity contribution >= 4 is 29.2 Å². The third kappa shape index (κ3) is 5.78. The van der Waals surface area contributed by atoms with E-state index in [1.165, 1.54) is 18.6 Å². The lowest BCUT2D eigenvalue weighted by molar-refractivity contribution is 0.0865. The van der Waals surface area contributed by atoms with E-state index in [1.54, 1.807) is 38.5 Å². The molecule has 0 unspecified atom stereocenters. The maximum Gasteiger partial charge on any atom is 0.418 e. The van der Waals surface area contributed by atoms with Crippen LogP contribution in [0.5, 0.6) is 5.88 Å². The van der Waals surface area contributed by atoms with Gasteiger partial charge in [0.05, 0.1) is 47.8 Å². The molecule has 1 saturated carbocycles. The Balaban J connectivity index is 1.53. The Bertz CT molecular complexity index is 1180. The predicted molar refractivity (Wildman–Crippen MR) is 122 cm³/mol. The van der Waals surface area contributed by atoms with Gasteiger partial charge in [0.1, 0.15) is 6.33 Å². The Morgan fingerprint density at radius 3 is 2.65 bits per heavy atom. The Hall–Kier alpha value is -4.19. The number of amides is 2. The maximum absolute atomic E-state index is 12.7. The molecule has 2 amide bonds. The second-order valence-corrected chi connectivity index (χ2v) is 8.39. The van der Waals surface area contributed by atoms with Gasteiger partial charge in [0.15, 0.2) is 11.5 Å². The van der Waals surface area contributed by atoms with Crippen LogP contribution in [0.1, 0.15) is 48.8 Å². The first-order valence-electron chi connectivity index (χ1n) is 10.6. The number of hydrogen-bond acceptors (Lipinski definition) is 10. The van der Waals surface area contributed by atoms with Gasteiger partial charge < -0.3 is 20.5 Å². The lowest BCUT2D eigenvalue weighted by atomic mass is 10.1. The molecule has 1 fully saturated rings. The summed E-state index contributed by atoms with van der Waals surface area (Å²) in [5.74, 6) is -0.0855. The normalized spacial score (nSPS) is 13.1. The minimum atomic E-state index is -0.877. The number of aliphatic hydroxyl groups is 1. The molecule has 4 rings (SSSR count). The summed E-state index contributed by atoms with van der Waals surface area (Å²) >= 11 is 0. The topological polar surface area (TPSA) is 164 Å². The second-order valence-electron chi connectivity index (χ2n) is 8.39. The summed E-state index contributed by atoms with van der Waals surface area (Å²) in [7, 11) is 0. The summed E-state index contributed by atoms with van der Waals surface area (Å²) in [5, 5.41) is 17.6. The van der Waals surface area contributed by atoms with Crippen LogP contribution in [0.15, 0.2) is 43.2 Å². The van der Waals surface area contributed by atoms with E-state index in [-0.39, 0.29) is 35.6 Å². The highest BCUT2D eigenvalue weighted by atomic mass is 16.6. The summed E-state index contributed by atoms with van der Waals surface area (Å²) < 4.78 is 5.47. The number of ether oxygens (including phenoxy) is 1. The molecule has 3 aromatic heterocycles. The number of nitrogens with zero attached hydrogens (tertiary/aromatic N) is 5. The largest absolute Gasteiger partial charge is 0.418 e. The van der Waals surface area contributed by atoms with Crippen LogP contribution < -0.4 is 20.7 Å². The van der Waals surface area contributed by atoms with Gasteiger partial charge in [-0.3, -0.25) is 10.1 Å². The van der Waals surface area contributed by atoms with Crippen LogP contribution in [0.3, 0.4) is 0 Å². The first kappa shape index (κ1) is 23.0. The molecule has 3 aromatic rings.